The molecule has 0 aliphatic rings. The molecular formula is C20H22BrN7O3S. The van der Waals surface area contributed by atoms with Crippen molar-refractivity contribution in [2.75, 3.05) is 31.2 Å². The SMILES string of the molecule is COc1ccc(CNC(=O)CSc2nnc(N/N=C/c3cc(Br)ccc3OC)n2N)cc1. The molecule has 0 saturated heterocycles. The van der Waals surface area contributed by atoms with E-state index in [2.05, 4.69) is 42.0 Å². The van der Waals surface area contributed by atoms with Crippen LogP contribution in [0.25, 0.3) is 0 Å². The number of methoxy groups -OCH3 is 2. The lowest BCUT2D eigenvalue weighted by molar-refractivity contribution is -0.118. The highest BCUT2D eigenvalue weighted by molar-refractivity contribution is 9.10. The van der Waals surface area contributed by atoms with E-state index >= 15 is 0 Å². The van der Waals surface area contributed by atoms with E-state index in [9.17, 15) is 4.79 Å². The number of hydrazone groups is 1. The van der Waals surface area contributed by atoms with E-state index in [1.807, 2.05) is 42.5 Å². The molecule has 3 rings (SSSR count). The van der Waals surface area contributed by atoms with Crippen LogP contribution in [-0.4, -0.2) is 47.0 Å². The standard InChI is InChI=1S/C20H22BrN7O3S/c1-30-16-6-3-13(4-7-16)10-23-18(29)12-32-20-27-26-19(28(20)22)25-24-11-14-9-15(21)5-8-17(14)31-2/h3-9,11H,10,12,22H2,1-2H3,(H,23,29)(H,25,26)/b24-11+. The van der Waals surface area contributed by atoms with Gasteiger partial charge >= 0.3 is 0 Å². The van der Waals surface area contributed by atoms with Gasteiger partial charge in [0.2, 0.25) is 11.1 Å². The number of rotatable bonds is 10. The van der Waals surface area contributed by atoms with Crippen molar-refractivity contribution in [2.45, 2.75) is 11.7 Å². The Morgan fingerprint density at radius 2 is 2.00 bits per heavy atom. The minimum absolute atomic E-state index is 0.143. The van der Waals surface area contributed by atoms with Crippen LogP contribution < -0.4 is 26.1 Å². The highest BCUT2D eigenvalue weighted by Gasteiger charge is 2.12. The highest BCUT2D eigenvalue weighted by Crippen LogP contribution is 2.21. The Morgan fingerprint density at radius 1 is 1.22 bits per heavy atom. The van der Waals surface area contributed by atoms with Gasteiger partial charge in [0.05, 0.1) is 26.2 Å². The fraction of sp³-hybridized carbons (Fsp3) is 0.200. The number of nitrogens with one attached hydrogen (secondary N) is 2. The van der Waals surface area contributed by atoms with Crippen molar-refractivity contribution in [3.63, 3.8) is 0 Å². The number of carbonyl (C=O) groups excluding carboxylic acids is 1. The summed E-state index contributed by atoms with van der Waals surface area (Å²) in [4.78, 5) is 12.1. The summed E-state index contributed by atoms with van der Waals surface area (Å²) in [6.45, 7) is 0.416. The van der Waals surface area contributed by atoms with Gasteiger partial charge in [-0.3, -0.25) is 4.79 Å². The first-order valence-electron chi connectivity index (χ1n) is 9.35. The van der Waals surface area contributed by atoms with Gasteiger partial charge in [-0.05, 0) is 35.9 Å². The van der Waals surface area contributed by atoms with Gasteiger partial charge in [0.25, 0.3) is 5.95 Å². The summed E-state index contributed by atoms with van der Waals surface area (Å²) in [7, 11) is 3.19. The molecule has 0 aliphatic carbocycles. The van der Waals surface area contributed by atoms with Crippen molar-refractivity contribution < 1.29 is 14.3 Å². The molecule has 0 radical (unpaired) electrons. The number of anilines is 1. The third-order valence-electron chi connectivity index (χ3n) is 4.21. The summed E-state index contributed by atoms with van der Waals surface area (Å²) < 4.78 is 12.5. The van der Waals surface area contributed by atoms with Crippen molar-refractivity contribution in [1.29, 1.82) is 0 Å². The fourth-order valence-corrected chi connectivity index (χ4v) is 3.61. The zero-order valence-corrected chi connectivity index (χ0v) is 19.8. The number of ether oxygens (including phenoxy) is 2. The molecule has 0 saturated carbocycles. The second-order valence-corrected chi connectivity index (χ2v) is 8.20. The van der Waals surface area contributed by atoms with E-state index in [1.54, 1.807) is 20.4 Å². The fourth-order valence-electron chi connectivity index (χ4n) is 2.54. The predicted octanol–water partition coefficient (Wildman–Crippen LogP) is 2.63. The van der Waals surface area contributed by atoms with Crippen LogP contribution in [0.15, 0.2) is 57.2 Å². The van der Waals surface area contributed by atoms with E-state index in [1.165, 1.54) is 16.4 Å². The summed E-state index contributed by atoms with van der Waals surface area (Å²) in [6.07, 6.45) is 1.58. The molecule has 32 heavy (non-hydrogen) atoms. The van der Waals surface area contributed by atoms with Crippen LogP contribution in [0.5, 0.6) is 11.5 Å². The average Bonchev–Trinajstić information content (AvgIpc) is 3.16. The van der Waals surface area contributed by atoms with E-state index in [0.29, 0.717) is 17.5 Å². The van der Waals surface area contributed by atoms with Crippen LogP contribution in [-0.2, 0) is 11.3 Å². The molecule has 1 aromatic heterocycles. The monoisotopic (exact) mass is 519 g/mol. The first-order valence-corrected chi connectivity index (χ1v) is 11.1. The van der Waals surface area contributed by atoms with E-state index < -0.39 is 0 Å². The number of hydrogen-bond donors (Lipinski definition) is 3. The summed E-state index contributed by atoms with van der Waals surface area (Å²) >= 11 is 4.58. The smallest absolute Gasteiger partial charge is 0.264 e. The predicted molar refractivity (Wildman–Crippen MR) is 128 cm³/mol. The number of amides is 1. The molecular weight excluding hydrogens is 498 g/mol. The van der Waals surface area contributed by atoms with Gasteiger partial charge in [0.1, 0.15) is 11.5 Å². The van der Waals surface area contributed by atoms with Crippen molar-refractivity contribution >= 4 is 45.8 Å². The molecule has 0 atom stereocenters. The van der Waals surface area contributed by atoms with Crippen LogP contribution in [0.3, 0.4) is 0 Å². The summed E-state index contributed by atoms with van der Waals surface area (Å²) in [5, 5.41) is 15.3. The minimum Gasteiger partial charge on any atom is -0.497 e. The number of carbonyl (C=O) groups is 1. The molecule has 3 aromatic rings. The lowest BCUT2D eigenvalue weighted by Crippen LogP contribution is -2.25. The van der Waals surface area contributed by atoms with Crippen LogP contribution in [0, 0.1) is 0 Å². The molecule has 1 amide bonds. The number of thioether (sulfide) groups is 1. The molecule has 0 fully saturated rings. The van der Waals surface area contributed by atoms with Crippen molar-refractivity contribution in [3.05, 3.63) is 58.1 Å². The number of hydrogen-bond acceptors (Lipinski definition) is 9. The van der Waals surface area contributed by atoms with Crippen LogP contribution in [0.4, 0.5) is 5.95 Å². The zero-order chi connectivity index (χ0) is 22.9. The number of nitrogen functional groups attached to an aromatic ring is 1. The summed E-state index contributed by atoms with van der Waals surface area (Å²) in [5.74, 6) is 7.66. The maximum atomic E-state index is 12.1. The largest absolute Gasteiger partial charge is 0.497 e. The Labute approximate surface area is 197 Å². The number of halogens is 1. The van der Waals surface area contributed by atoms with Gasteiger partial charge in [-0.2, -0.15) is 5.10 Å². The molecule has 168 valence electrons. The number of nitrogens with zero attached hydrogens (tertiary/aromatic N) is 4. The lowest BCUT2D eigenvalue weighted by atomic mass is 10.2. The Kier molecular flexibility index (Phi) is 8.34. The van der Waals surface area contributed by atoms with Gasteiger partial charge in [-0.25, -0.2) is 10.1 Å². The van der Waals surface area contributed by atoms with E-state index in [4.69, 9.17) is 15.3 Å². The summed E-state index contributed by atoms with van der Waals surface area (Å²) in [5.41, 5.74) is 4.47. The molecule has 0 spiro atoms. The molecule has 0 unspecified atom stereocenters. The normalized spacial score (nSPS) is 10.8. The van der Waals surface area contributed by atoms with E-state index in [0.717, 1.165) is 21.3 Å². The minimum atomic E-state index is -0.150. The molecule has 1 heterocycles. The quantitative estimate of drug-likeness (QED) is 0.161. The van der Waals surface area contributed by atoms with Crippen LogP contribution in [0.2, 0.25) is 0 Å². The Bertz CT molecular complexity index is 1090. The average molecular weight is 520 g/mol. The maximum absolute atomic E-state index is 12.1. The van der Waals surface area contributed by atoms with Crippen molar-refractivity contribution in [3.8, 4) is 11.5 Å². The van der Waals surface area contributed by atoms with Crippen LogP contribution in [0.1, 0.15) is 11.1 Å². The zero-order valence-electron chi connectivity index (χ0n) is 17.4. The third-order valence-corrected chi connectivity index (χ3v) is 5.64. The molecule has 0 aliphatic heterocycles. The maximum Gasteiger partial charge on any atom is 0.264 e. The Morgan fingerprint density at radius 3 is 2.72 bits per heavy atom. The molecule has 2 aromatic carbocycles. The molecule has 0 bridgehead atoms. The number of benzene rings is 2. The number of aromatic nitrogens is 3. The second kappa shape index (κ2) is 11.4. The van der Waals surface area contributed by atoms with Gasteiger partial charge < -0.3 is 20.6 Å². The van der Waals surface area contributed by atoms with Gasteiger partial charge in [0.15, 0.2) is 0 Å². The molecule has 10 nitrogen and oxygen atoms in total. The number of nitrogens with two attached hydrogens (primary N) is 1. The topological polar surface area (TPSA) is 129 Å². The third kappa shape index (κ3) is 6.37. The van der Waals surface area contributed by atoms with Crippen LogP contribution >= 0.6 is 27.7 Å². The first-order chi connectivity index (χ1) is 15.5. The second-order valence-electron chi connectivity index (χ2n) is 6.35. The molecule has 12 heteroatoms. The summed E-state index contributed by atoms with van der Waals surface area (Å²) in [6, 6.07) is 13.0. The first kappa shape index (κ1) is 23.4. The molecule has 4 N–H and O–H groups in total. The van der Waals surface area contributed by atoms with Gasteiger partial charge in [-0.1, -0.05) is 39.8 Å². The van der Waals surface area contributed by atoms with Crippen molar-refractivity contribution in [1.82, 2.24) is 20.2 Å². The Hall–Kier alpha value is -3.25. The van der Waals surface area contributed by atoms with E-state index in [-0.39, 0.29) is 17.6 Å². The van der Waals surface area contributed by atoms with Gasteiger partial charge in [0, 0.05) is 16.6 Å². The highest BCUT2D eigenvalue weighted by atomic mass is 79.9. The van der Waals surface area contributed by atoms with Crippen molar-refractivity contribution in [2.24, 2.45) is 5.10 Å². The van der Waals surface area contributed by atoms with Gasteiger partial charge in [-0.15, -0.1) is 10.2 Å². The lowest BCUT2D eigenvalue weighted by Gasteiger charge is -2.06. The Balaban J connectivity index is 1.50.